The van der Waals surface area contributed by atoms with Crippen LogP contribution >= 0.6 is 23.2 Å². The molecule has 2 N–H and O–H groups in total. The highest BCUT2D eigenvalue weighted by Gasteiger charge is 2.02. The molecule has 1 amide bonds. The molecule has 1 aromatic carbocycles. The van der Waals surface area contributed by atoms with E-state index >= 15 is 0 Å². The standard InChI is InChI=1S/C11H14Cl2N2O/c1-2-14-11(16)5-6-15-10-7-8(12)3-4-9(10)13/h3-4,7,15H,2,5-6H2,1H3,(H,14,16). The second-order valence-electron chi connectivity index (χ2n) is 3.25. The minimum absolute atomic E-state index is 0.0214. The summed E-state index contributed by atoms with van der Waals surface area (Å²) in [5, 5.41) is 7.00. The van der Waals surface area contributed by atoms with E-state index in [1.54, 1.807) is 18.2 Å². The van der Waals surface area contributed by atoms with Crippen molar-refractivity contribution in [1.29, 1.82) is 0 Å². The molecule has 0 spiro atoms. The van der Waals surface area contributed by atoms with Crippen molar-refractivity contribution in [3.63, 3.8) is 0 Å². The van der Waals surface area contributed by atoms with Crippen LogP contribution in [0.3, 0.4) is 0 Å². The summed E-state index contributed by atoms with van der Waals surface area (Å²) >= 11 is 11.8. The van der Waals surface area contributed by atoms with Crippen LogP contribution in [0.1, 0.15) is 13.3 Å². The van der Waals surface area contributed by atoms with Gasteiger partial charge in [-0.25, -0.2) is 0 Å². The summed E-state index contributed by atoms with van der Waals surface area (Å²) in [4.78, 5) is 11.2. The van der Waals surface area contributed by atoms with Gasteiger partial charge < -0.3 is 10.6 Å². The van der Waals surface area contributed by atoms with Gasteiger partial charge in [0.2, 0.25) is 5.91 Å². The molecule has 1 rings (SSSR count). The van der Waals surface area contributed by atoms with Gasteiger partial charge in [0, 0.05) is 24.5 Å². The molecule has 0 saturated heterocycles. The predicted octanol–water partition coefficient (Wildman–Crippen LogP) is 2.93. The molecule has 0 aliphatic carbocycles. The molecule has 0 heterocycles. The van der Waals surface area contributed by atoms with Crippen molar-refractivity contribution < 1.29 is 4.79 Å². The number of anilines is 1. The van der Waals surface area contributed by atoms with Crippen molar-refractivity contribution in [3.8, 4) is 0 Å². The molecule has 0 radical (unpaired) electrons. The molecular formula is C11H14Cl2N2O. The molecule has 1 aromatic rings. The summed E-state index contributed by atoms with van der Waals surface area (Å²) < 4.78 is 0. The van der Waals surface area contributed by atoms with Gasteiger partial charge in [0.15, 0.2) is 0 Å². The van der Waals surface area contributed by atoms with Crippen LogP contribution in [0.4, 0.5) is 5.69 Å². The first-order chi connectivity index (χ1) is 7.63. The molecular weight excluding hydrogens is 247 g/mol. The van der Waals surface area contributed by atoms with E-state index in [0.717, 1.165) is 5.69 Å². The van der Waals surface area contributed by atoms with E-state index in [0.29, 0.717) is 29.6 Å². The number of amides is 1. The fraction of sp³-hybridized carbons (Fsp3) is 0.364. The Balaban J connectivity index is 2.42. The zero-order chi connectivity index (χ0) is 12.0. The Morgan fingerprint density at radius 3 is 2.81 bits per heavy atom. The van der Waals surface area contributed by atoms with Crippen LogP contribution in [0, 0.1) is 0 Å². The number of hydrogen-bond donors (Lipinski definition) is 2. The van der Waals surface area contributed by atoms with E-state index in [1.807, 2.05) is 6.92 Å². The Labute approximate surface area is 105 Å². The molecule has 5 heteroatoms. The second-order valence-corrected chi connectivity index (χ2v) is 4.10. The molecule has 0 bridgehead atoms. The van der Waals surface area contributed by atoms with Gasteiger partial charge in [-0.1, -0.05) is 23.2 Å². The van der Waals surface area contributed by atoms with Gasteiger partial charge in [-0.15, -0.1) is 0 Å². The van der Waals surface area contributed by atoms with E-state index in [2.05, 4.69) is 10.6 Å². The average Bonchev–Trinajstić information content (AvgIpc) is 2.23. The van der Waals surface area contributed by atoms with Gasteiger partial charge in [-0.3, -0.25) is 4.79 Å². The van der Waals surface area contributed by atoms with Crippen molar-refractivity contribution in [1.82, 2.24) is 5.32 Å². The van der Waals surface area contributed by atoms with Crippen LogP contribution in [-0.2, 0) is 4.79 Å². The zero-order valence-corrected chi connectivity index (χ0v) is 10.5. The first kappa shape index (κ1) is 13.1. The highest BCUT2D eigenvalue weighted by Crippen LogP contribution is 2.25. The quantitative estimate of drug-likeness (QED) is 0.855. The minimum Gasteiger partial charge on any atom is -0.383 e. The second kappa shape index (κ2) is 6.61. The number of carbonyl (C=O) groups is 1. The molecule has 0 saturated carbocycles. The van der Waals surface area contributed by atoms with Crippen molar-refractivity contribution >= 4 is 34.8 Å². The highest BCUT2D eigenvalue weighted by atomic mass is 35.5. The van der Waals surface area contributed by atoms with E-state index in [9.17, 15) is 4.79 Å². The average molecular weight is 261 g/mol. The largest absolute Gasteiger partial charge is 0.383 e. The first-order valence-corrected chi connectivity index (χ1v) is 5.84. The molecule has 0 aliphatic heterocycles. The van der Waals surface area contributed by atoms with E-state index in [-0.39, 0.29) is 5.91 Å². The van der Waals surface area contributed by atoms with Gasteiger partial charge in [-0.2, -0.15) is 0 Å². The maximum atomic E-state index is 11.2. The summed E-state index contributed by atoms with van der Waals surface area (Å²) in [5.74, 6) is 0.0214. The highest BCUT2D eigenvalue weighted by molar-refractivity contribution is 6.35. The topological polar surface area (TPSA) is 41.1 Å². The van der Waals surface area contributed by atoms with Crippen molar-refractivity contribution in [3.05, 3.63) is 28.2 Å². The summed E-state index contributed by atoms with van der Waals surface area (Å²) in [6.07, 6.45) is 0.413. The van der Waals surface area contributed by atoms with Gasteiger partial charge in [-0.05, 0) is 25.1 Å². The Morgan fingerprint density at radius 1 is 1.38 bits per heavy atom. The SMILES string of the molecule is CCNC(=O)CCNc1cc(Cl)ccc1Cl. The number of carbonyl (C=O) groups excluding carboxylic acids is 1. The van der Waals surface area contributed by atoms with Crippen molar-refractivity contribution in [2.24, 2.45) is 0 Å². The number of halogens is 2. The normalized spacial score (nSPS) is 9.94. The molecule has 0 aromatic heterocycles. The molecule has 88 valence electrons. The van der Waals surface area contributed by atoms with Crippen LogP contribution in [0.5, 0.6) is 0 Å². The monoisotopic (exact) mass is 260 g/mol. The molecule has 0 atom stereocenters. The number of hydrogen-bond acceptors (Lipinski definition) is 2. The number of nitrogens with one attached hydrogen (secondary N) is 2. The fourth-order valence-electron chi connectivity index (χ4n) is 1.23. The molecule has 0 fully saturated rings. The van der Waals surface area contributed by atoms with Crippen LogP contribution in [-0.4, -0.2) is 19.0 Å². The summed E-state index contributed by atoms with van der Waals surface area (Å²) in [7, 11) is 0. The van der Waals surface area contributed by atoms with Crippen molar-refractivity contribution in [2.45, 2.75) is 13.3 Å². The lowest BCUT2D eigenvalue weighted by Crippen LogP contribution is -2.24. The van der Waals surface area contributed by atoms with Crippen LogP contribution in [0.15, 0.2) is 18.2 Å². The van der Waals surface area contributed by atoms with E-state index < -0.39 is 0 Å². The third-order valence-electron chi connectivity index (χ3n) is 1.97. The third-order valence-corrected chi connectivity index (χ3v) is 2.53. The Bertz CT molecular complexity index is 369. The summed E-state index contributed by atoms with van der Waals surface area (Å²) in [5.41, 5.74) is 0.749. The Hall–Kier alpha value is -0.930. The summed E-state index contributed by atoms with van der Waals surface area (Å²) in [6.45, 7) is 3.07. The van der Waals surface area contributed by atoms with Gasteiger partial charge in [0.25, 0.3) is 0 Å². The lowest BCUT2D eigenvalue weighted by atomic mass is 10.3. The molecule has 16 heavy (non-hydrogen) atoms. The number of rotatable bonds is 5. The molecule has 0 aliphatic rings. The van der Waals surface area contributed by atoms with Crippen LogP contribution < -0.4 is 10.6 Å². The van der Waals surface area contributed by atoms with Gasteiger partial charge in [0.1, 0.15) is 0 Å². The summed E-state index contributed by atoms with van der Waals surface area (Å²) in [6, 6.07) is 5.18. The minimum atomic E-state index is 0.0214. The first-order valence-electron chi connectivity index (χ1n) is 5.09. The van der Waals surface area contributed by atoms with Crippen molar-refractivity contribution in [2.75, 3.05) is 18.4 Å². The van der Waals surface area contributed by atoms with Crippen LogP contribution in [0.2, 0.25) is 10.0 Å². The third kappa shape index (κ3) is 4.29. The lowest BCUT2D eigenvalue weighted by molar-refractivity contribution is -0.120. The van der Waals surface area contributed by atoms with E-state index in [4.69, 9.17) is 23.2 Å². The van der Waals surface area contributed by atoms with E-state index in [1.165, 1.54) is 0 Å². The fourth-order valence-corrected chi connectivity index (χ4v) is 1.59. The predicted molar refractivity (Wildman–Crippen MR) is 68.3 cm³/mol. The molecule has 3 nitrogen and oxygen atoms in total. The van der Waals surface area contributed by atoms with Gasteiger partial charge in [0.05, 0.1) is 10.7 Å². The zero-order valence-electron chi connectivity index (χ0n) is 9.02. The number of benzene rings is 1. The van der Waals surface area contributed by atoms with Gasteiger partial charge >= 0.3 is 0 Å². The maximum absolute atomic E-state index is 11.2. The smallest absolute Gasteiger partial charge is 0.221 e. The molecule has 0 unspecified atom stereocenters. The van der Waals surface area contributed by atoms with Crippen LogP contribution in [0.25, 0.3) is 0 Å². The Morgan fingerprint density at radius 2 is 2.12 bits per heavy atom. The maximum Gasteiger partial charge on any atom is 0.221 e. The Kier molecular flexibility index (Phi) is 5.43. The lowest BCUT2D eigenvalue weighted by Gasteiger charge is -2.08.